The molecule has 2 atom stereocenters. The molecule has 0 spiro atoms. The van der Waals surface area contributed by atoms with Crippen LogP contribution in [0.3, 0.4) is 0 Å². The zero-order valence-electron chi connectivity index (χ0n) is 19.0. The first-order chi connectivity index (χ1) is 16.7. The molecule has 1 amide bonds. The number of carbonyl (C=O) groups is 1. The monoisotopic (exact) mass is 460 g/mol. The standard InChI is InChI=1S/C27H28N2O5/c1-32-29-26(31)27(19-20-9-4-2-5-10-20)24(21-11-6-3-7-12-21)34-25(28-27)22-13-15-23(16-14-22)33-18-8-17-30/h2-7,9-16,24,30H,8,17-19H2,1H3,(H,29,31)/t24-,27-/m0/s1. The summed E-state index contributed by atoms with van der Waals surface area (Å²) in [6, 6.07) is 26.7. The van der Waals surface area contributed by atoms with Crippen molar-refractivity contribution in [1.82, 2.24) is 5.48 Å². The van der Waals surface area contributed by atoms with Crippen molar-refractivity contribution in [2.75, 3.05) is 20.3 Å². The molecular weight excluding hydrogens is 432 g/mol. The van der Waals surface area contributed by atoms with Gasteiger partial charge in [-0.3, -0.25) is 9.63 Å². The Balaban J connectivity index is 1.73. The minimum absolute atomic E-state index is 0.0800. The highest BCUT2D eigenvalue weighted by atomic mass is 16.6. The Morgan fingerprint density at radius 1 is 1.03 bits per heavy atom. The SMILES string of the molecule is CONC(=O)[C@@]1(Cc2ccccc2)N=C(c2ccc(OCCCO)cc2)O[C@H]1c1ccccc1. The van der Waals surface area contributed by atoms with E-state index in [2.05, 4.69) is 5.48 Å². The van der Waals surface area contributed by atoms with E-state index in [-0.39, 0.29) is 12.5 Å². The van der Waals surface area contributed by atoms with E-state index in [0.29, 0.717) is 31.1 Å². The van der Waals surface area contributed by atoms with E-state index >= 15 is 0 Å². The molecule has 1 aliphatic rings. The van der Waals surface area contributed by atoms with Gasteiger partial charge in [0, 0.05) is 25.0 Å². The summed E-state index contributed by atoms with van der Waals surface area (Å²) in [5, 5.41) is 8.93. The molecule has 0 aromatic heterocycles. The molecule has 4 rings (SSSR count). The van der Waals surface area contributed by atoms with Crippen molar-refractivity contribution >= 4 is 11.8 Å². The van der Waals surface area contributed by atoms with Crippen molar-refractivity contribution < 1.29 is 24.2 Å². The van der Waals surface area contributed by atoms with E-state index in [1.807, 2.05) is 84.9 Å². The van der Waals surface area contributed by atoms with Gasteiger partial charge in [0.15, 0.2) is 11.6 Å². The molecule has 2 N–H and O–H groups in total. The fourth-order valence-corrected chi connectivity index (χ4v) is 4.00. The van der Waals surface area contributed by atoms with Gasteiger partial charge in [0.05, 0.1) is 13.7 Å². The Bertz CT molecular complexity index is 1100. The molecule has 1 heterocycles. The van der Waals surface area contributed by atoms with Gasteiger partial charge in [0.1, 0.15) is 5.75 Å². The van der Waals surface area contributed by atoms with Crippen molar-refractivity contribution in [3.8, 4) is 5.75 Å². The summed E-state index contributed by atoms with van der Waals surface area (Å²) in [5.74, 6) is 0.674. The van der Waals surface area contributed by atoms with Crippen LogP contribution < -0.4 is 10.2 Å². The van der Waals surface area contributed by atoms with Gasteiger partial charge in [-0.25, -0.2) is 10.5 Å². The molecule has 0 bridgehead atoms. The van der Waals surface area contributed by atoms with Crippen molar-refractivity contribution in [3.63, 3.8) is 0 Å². The van der Waals surface area contributed by atoms with Gasteiger partial charge in [-0.2, -0.15) is 0 Å². The number of aliphatic hydroxyl groups is 1. The van der Waals surface area contributed by atoms with Crippen LogP contribution in [0.15, 0.2) is 89.9 Å². The van der Waals surface area contributed by atoms with Crippen LogP contribution in [-0.2, 0) is 20.8 Å². The van der Waals surface area contributed by atoms with Crippen LogP contribution >= 0.6 is 0 Å². The number of rotatable bonds is 10. The Labute approximate surface area is 199 Å². The van der Waals surface area contributed by atoms with Crippen LogP contribution in [0.2, 0.25) is 0 Å². The zero-order chi connectivity index (χ0) is 23.8. The predicted octanol–water partition coefficient (Wildman–Crippen LogP) is 3.63. The van der Waals surface area contributed by atoms with Gasteiger partial charge >= 0.3 is 0 Å². The second-order valence-corrected chi connectivity index (χ2v) is 8.00. The highest BCUT2D eigenvalue weighted by Crippen LogP contribution is 2.42. The third-order valence-corrected chi connectivity index (χ3v) is 5.64. The van der Waals surface area contributed by atoms with Gasteiger partial charge in [-0.15, -0.1) is 0 Å². The van der Waals surface area contributed by atoms with Crippen LogP contribution in [0.25, 0.3) is 0 Å². The molecule has 7 heteroatoms. The maximum absolute atomic E-state index is 13.5. The molecule has 0 unspecified atom stereocenters. The van der Waals surface area contributed by atoms with Crippen molar-refractivity contribution in [1.29, 1.82) is 0 Å². The molecule has 0 saturated carbocycles. The first-order valence-electron chi connectivity index (χ1n) is 11.2. The maximum atomic E-state index is 13.5. The summed E-state index contributed by atoms with van der Waals surface area (Å²) in [5.41, 5.74) is 3.74. The Morgan fingerprint density at radius 2 is 1.71 bits per heavy atom. The third-order valence-electron chi connectivity index (χ3n) is 5.64. The topological polar surface area (TPSA) is 89.4 Å². The van der Waals surface area contributed by atoms with Gasteiger partial charge in [-0.05, 0) is 35.4 Å². The molecule has 7 nitrogen and oxygen atoms in total. The highest BCUT2D eigenvalue weighted by molar-refractivity contribution is 6.01. The highest BCUT2D eigenvalue weighted by Gasteiger charge is 2.53. The molecule has 1 aliphatic heterocycles. The molecule has 0 saturated heterocycles. The number of hydrogen-bond donors (Lipinski definition) is 2. The fourth-order valence-electron chi connectivity index (χ4n) is 4.00. The van der Waals surface area contributed by atoms with Gasteiger partial charge in [0.25, 0.3) is 5.91 Å². The van der Waals surface area contributed by atoms with Crippen LogP contribution in [0, 0.1) is 0 Å². The van der Waals surface area contributed by atoms with E-state index in [1.54, 1.807) is 0 Å². The van der Waals surface area contributed by atoms with Gasteiger partial charge in [0.2, 0.25) is 5.90 Å². The number of amides is 1. The minimum Gasteiger partial charge on any atom is -0.494 e. The number of hydroxylamine groups is 1. The number of carbonyl (C=O) groups excluding carboxylic acids is 1. The number of aliphatic hydroxyl groups excluding tert-OH is 1. The molecule has 176 valence electrons. The number of hydrogen-bond acceptors (Lipinski definition) is 6. The second kappa shape index (κ2) is 11.0. The van der Waals surface area contributed by atoms with Crippen molar-refractivity contribution in [2.45, 2.75) is 24.5 Å². The average Bonchev–Trinajstić information content (AvgIpc) is 3.26. The summed E-state index contributed by atoms with van der Waals surface area (Å²) >= 11 is 0. The van der Waals surface area contributed by atoms with Crippen LogP contribution in [0.4, 0.5) is 0 Å². The van der Waals surface area contributed by atoms with Crippen LogP contribution in [-0.4, -0.2) is 42.8 Å². The second-order valence-electron chi connectivity index (χ2n) is 8.00. The van der Waals surface area contributed by atoms with E-state index < -0.39 is 11.6 Å². The average molecular weight is 461 g/mol. The zero-order valence-corrected chi connectivity index (χ0v) is 19.0. The van der Waals surface area contributed by atoms with E-state index in [0.717, 1.165) is 16.7 Å². The van der Waals surface area contributed by atoms with E-state index in [1.165, 1.54) is 7.11 Å². The third kappa shape index (κ3) is 5.11. The molecule has 0 radical (unpaired) electrons. The minimum atomic E-state index is -1.27. The van der Waals surface area contributed by atoms with Crippen LogP contribution in [0.1, 0.15) is 29.2 Å². The normalized spacial score (nSPS) is 19.2. The lowest BCUT2D eigenvalue weighted by Gasteiger charge is -2.30. The van der Waals surface area contributed by atoms with Gasteiger partial charge in [-0.1, -0.05) is 60.7 Å². The summed E-state index contributed by atoms with van der Waals surface area (Å²) in [7, 11) is 1.40. The lowest BCUT2D eigenvalue weighted by Crippen LogP contribution is -2.49. The molecule has 34 heavy (non-hydrogen) atoms. The Morgan fingerprint density at radius 3 is 2.35 bits per heavy atom. The lowest BCUT2D eigenvalue weighted by atomic mass is 9.82. The lowest BCUT2D eigenvalue weighted by molar-refractivity contribution is -0.139. The van der Waals surface area contributed by atoms with Gasteiger partial charge < -0.3 is 14.6 Å². The number of benzene rings is 3. The summed E-state index contributed by atoms with van der Waals surface area (Å²) in [6.45, 7) is 0.511. The number of nitrogens with one attached hydrogen (secondary N) is 1. The molecular formula is C27H28N2O5. The molecule has 3 aromatic rings. The van der Waals surface area contributed by atoms with E-state index in [4.69, 9.17) is 24.4 Å². The summed E-state index contributed by atoms with van der Waals surface area (Å²) in [4.78, 5) is 23.4. The fraction of sp³-hybridized carbons (Fsp3) is 0.259. The first kappa shape index (κ1) is 23.5. The smallest absolute Gasteiger partial charge is 0.276 e. The quantitative estimate of drug-likeness (QED) is 0.356. The Kier molecular flexibility index (Phi) is 7.57. The maximum Gasteiger partial charge on any atom is 0.276 e. The molecule has 0 fully saturated rings. The van der Waals surface area contributed by atoms with Crippen molar-refractivity contribution in [2.24, 2.45) is 4.99 Å². The van der Waals surface area contributed by atoms with Crippen molar-refractivity contribution in [3.05, 3.63) is 102 Å². The predicted molar refractivity (Wildman–Crippen MR) is 128 cm³/mol. The van der Waals surface area contributed by atoms with Crippen LogP contribution in [0.5, 0.6) is 5.75 Å². The summed E-state index contributed by atoms with van der Waals surface area (Å²) in [6.07, 6.45) is 0.237. The molecule has 3 aromatic carbocycles. The van der Waals surface area contributed by atoms with E-state index in [9.17, 15) is 4.79 Å². The number of nitrogens with zero attached hydrogens (tertiary/aromatic N) is 1. The molecule has 0 aliphatic carbocycles. The summed E-state index contributed by atoms with van der Waals surface area (Å²) < 4.78 is 12.0. The Hall–Kier alpha value is -3.68. The largest absolute Gasteiger partial charge is 0.494 e. The number of aliphatic imine (C=N–C) groups is 1. The first-order valence-corrected chi connectivity index (χ1v) is 11.2. The number of ether oxygens (including phenoxy) is 2.